The third-order valence-corrected chi connectivity index (χ3v) is 3.18. The Morgan fingerprint density at radius 2 is 2.18 bits per heavy atom. The number of H-pyrrole nitrogens is 1. The second-order valence-electron chi connectivity index (χ2n) is 4.49. The van der Waals surface area contributed by atoms with Gasteiger partial charge in [0, 0.05) is 18.4 Å². The van der Waals surface area contributed by atoms with E-state index in [9.17, 15) is 0 Å². The standard InChI is InChI=1S/C13H26N4/c1-4-17(5-2)10-6-7-12(3)16-11-13-14-8-9-15-13/h8-9,12,16H,4-7,10-11H2,1-3H3,(H,14,15). The normalized spacial score (nSPS) is 13.2. The average Bonchev–Trinajstić information content (AvgIpc) is 2.85. The molecular formula is C13H26N4. The van der Waals surface area contributed by atoms with E-state index in [0.29, 0.717) is 6.04 Å². The summed E-state index contributed by atoms with van der Waals surface area (Å²) in [5.41, 5.74) is 0. The lowest BCUT2D eigenvalue weighted by Gasteiger charge is -2.19. The lowest BCUT2D eigenvalue weighted by molar-refractivity contribution is 0.290. The summed E-state index contributed by atoms with van der Waals surface area (Å²) >= 11 is 0. The van der Waals surface area contributed by atoms with Gasteiger partial charge in [0.1, 0.15) is 5.82 Å². The molecule has 2 N–H and O–H groups in total. The molecule has 0 aromatic carbocycles. The van der Waals surface area contributed by atoms with E-state index in [-0.39, 0.29) is 0 Å². The molecule has 0 aliphatic heterocycles. The molecule has 1 heterocycles. The van der Waals surface area contributed by atoms with Gasteiger partial charge in [-0.25, -0.2) is 4.98 Å². The molecular weight excluding hydrogens is 212 g/mol. The smallest absolute Gasteiger partial charge is 0.120 e. The SMILES string of the molecule is CCN(CC)CCCC(C)NCc1ncc[nH]1. The number of hydrogen-bond donors (Lipinski definition) is 2. The first kappa shape index (κ1) is 14.2. The molecule has 0 bridgehead atoms. The molecule has 17 heavy (non-hydrogen) atoms. The van der Waals surface area contributed by atoms with Crippen molar-refractivity contribution in [3.05, 3.63) is 18.2 Å². The average molecular weight is 238 g/mol. The van der Waals surface area contributed by atoms with Gasteiger partial charge in [0.2, 0.25) is 0 Å². The number of rotatable bonds is 9. The van der Waals surface area contributed by atoms with E-state index in [0.717, 1.165) is 25.5 Å². The van der Waals surface area contributed by atoms with Crippen molar-refractivity contribution >= 4 is 0 Å². The van der Waals surface area contributed by atoms with E-state index in [1.165, 1.54) is 19.4 Å². The van der Waals surface area contributed by atoms with Crippen LogP contribution in [-0.4, -0.2) is 40.5 Å². The Hall–Kier alpha value is -0.870. The minimum absolute atomic E-state index is 0.552. The van der Waals surface area contributed by atoms with E-state index in [4.69, 9.17) is 0 Å². The number of imidazole rings is 1. The molecule has 4 nitrogen and oxygen atoms in total. The molecule has 0 aliphatic carbocycles. The quantitative estimate of drug-likeness (QED) is 0.691. The summed E-state index contributed by atoms with van der Waals surface area (Å²) in [6.45, 7) is 11.0. The van der Waals surface area contributed by atoms with Crippen molar-refractivity contribution in [2.24, 2.45) is 0 Å². The fraction of sp³-hybridized carbons (Fsp3) is 0.769. The zero-order valence-electron chi connectivity index (χ0n) is 11.4. The second-order valence-corrected chi connectivity index (χ2v) is 4.49. The molecule has 0 aliphatic rings. The summed E-state index contributed by atoms with van der Waals surface area (Å²) in [5, 5.41) is 3.48. The summed E-state index contributed by atoms with van der Waals surface area (Å²) in [4.78, 5) is 9.77. The Kier molecular flexibility index (Phi) is 6.89. The van der Waals surface area contributed by atoms with Crippen LogP contribution in [-0.2, 0) is 6.54 Å². The minimum Gasteiger partial charge on any atom is -0.348 e. The summed E-state index contributed by atoms with van der Waals surface area (Å²) in [5.74, 6) is 1.01. The molecule has 98 valence electrons. The lowest BCUT2D eigenvalue weighted by atomic mass is 10.1. The third kappa shape index (κ3) is 5.84. The van der Waals surface area contributed by atoms with Gasteiger partial charge in [-0.05, 0) is 39.4 Å². The fourth-order valence-corrected chi connectivity index (χ4v) is 1.93. The molecule has 1 aromatic rings. The van der Waals surface area contributed by atoms with Crippen LogP contribution in [0.25, 0.3) is 0 Å². The van der Waals surface area contributed by atoms with Crippen molar-refractivity contribution in [1.82, 2.24) is 20.2 Å². The fourth-order valence-electron chi connectivity index (χ4n) is 1.93. The van der Waals surface area contributed by atoms with Crippen LogP contribution in [0.4, 0.5) is 0 Å². The largest absolute Gasteiger partial charge is 0.348 e. The predicted molar refractivity (Wildman–Crippen MR) is 71.9 cm³/mol. The Morgan fingerprint density at radius 3 is 2.76 bits per heavy atom. The van der Waals surface area contributed by atoms with Gasteiger partial charge in [-0.1, -0.05) is 13.8 Å². The molecule has 0 saturated carbocycles. The molecule has 0 radical (unpaired) electrons. The van der Waals surface area contributed by atoms with E-state index in [1.807, 2.05) is 6.20 Å². The Labute approximate surface area is 105 Å². The number of aromatic nitrogens is 2. The number of nitrogens with one attached hydrogen (secondary N) is 2. The molecule has 1 unspecified atom stereocenters. The number of nitrogens with zero attached hydrogens (tertiary/aromatic N) is 2. The van der Waals surface area contributed by atoms with E-state index in [1.54, 1.807) is 6.20 Å². The van der Waals surface area contributed by atoms with Gasteiger partial charge < -0.3 is 15.2 Å². The van der Waals surface area contributed by atoms with Crippen molar-refractivity contribution in [3.63, 3.8) is 0 Å². The van der Waals surface area contributed by atoms with E-state index >= 15 is 0 Å². The van der Waals surface area contributed by atoms with Crippen molar-refractivity contribution in [2.75, 3.05) is 19.6 Å². The first-order valence-electron chi connectivity index (χ1n) is 6.70. The van der Waals surface area contributed by atoms with Crippen LogP contribution in [0.2, 0.25) is 0 Å². The molecule has 1 atom stereocenters. The molecule has 1 rings (SSSR count). The van der Waals surface area contributed by atoms with E-state index in [2.05, 4.69) is 41.0 Å². The van der Waals surface area contributed by atoms with Crippen molar-refractivity contribution < 1.29 is 0 Å². The highest BCUT2D eigenvalue weighted by Gasteiger charge is 2.04. The molecule has 1 aromatic heterocycles. The highest BCUT2D eigenvalue weighted by atomic mass is 15.1. The van der Waals surface area contributed by atoms with Gasteiger partial charge in [0.25, 0.3) is 0 Å². The van der Waals surface area contributed by atoms with Gasteiger partial charge in [-0.2, -0.15) is 0 Å². The number of aromatic amines is 1. The summed E-state index contributed by atoms with van der Waals surface area (Å²) in [6.07, 6.45) is 6.13. The summed E-state index contributed by atoms with van der Waals surface area (Å²) in [6, 6.07) is 0.552. The Morgan fingerprint density at radius 1 is 1.41 bits per heavy atom. The van der Waals surface area contributed by atoms with Crippen molar-refractivity contribution in [3.8, 4) is 0 Å². The van der Waals surface area contributed by atoms with Gasteiger partial charge in [-0.15, -0.1) is 0 Å². The maximum atomic E-state index is 4.20. The highest BCUT2D eigenvalue weighted by Crippen LogP contribution is 2.00. The third-order valence-electron chi connectivity index (χ3n) is 3.18. The maximum absolute atomic E-state index is 4.20. The van der Waals surface area contributed by atoms with E-state index < -0.39 is 0 Å². The van der Waals surface area contributed by atoms with Crippen molar-refractivity contribution in [2.45, 2.75) is 46.2 Å². The molecule has 4 heteroatoms. The van der Waals surface area contributed by atoms with Gasteiger partial charge in [0.05, 0.1) is 6.54 Å². The zero-order valence-corrected chi connectivity index (χ0v) is 11.4. The summed E-state index contributed by atoms with van der Waals surface area (Å²) < 4.78 is 0. The van der Waals surface area contributed by atoms with Crippen LogP contribution in [0.15, 0.2) is 12.4 Å². The first-order valence-corrected chi connectivity index (χ1v) is 6.70. The van der Waals surface area contributed by atoms with Crippen LogP contribution in [0.3, 0.4) is 0 Å². The molecule has 0 fully saturated rings. The Bertz CT molecular complexity index is 267. The molecule has 0 spiro atoms. The molecule has 0 amide bonds. The Balaban J connectivity index is 2.06. The van der Waals surface area contributed by atoms with Gasteiger partial charge >= 0.3 is 0 Å². The van der Waals surface area contributed by atoms with Crippen molar-refractivity contribution in [1.29, 1.82) is 0 Å². The monoisotopic (exact) mass is 238 g/mol. The van der Waals surface area contributed by atoms with Crippen LogP contribution < -0.4 is 5.32 Å². The van der Waals surface area contributed by atoms with Gasteiger partial charge in [-0.3, -0.25) is 0 Å². The van der Waals surface area contributed by atoms with Crippen LogP contribution >= 0.6 is 0 Å². The summed E-state index contributed by atoms with van der Waals surface area (Å²) in [7, 11) is 0. The van der Waals surface area contributed by atoms with Crippen LogP contribution in [0, 0.1) is 0 Å². The van der Waals surface area contributed by atoms with Crippen LogP contribution in [0.5, 0.6) is 0 Å². The zero-order chi connectivity index (χ0) is 12.5. The second kappa shape index (κ2) is 8.25. The lowest BCUT2D eigenvalue weighted by Crippen LogP contribution is -2.29. The predicted octanol–water partition coefficient (Wildman–Crippen LogP) is 2.01. The topological polar surface area (TPSA) is 44.0 Å². The number of hydrogen-bond acceptors (Lipinski definition) is 3. The highest BCUT2D eigenvalue weighted by molar-refractivity contribution is 4.86. The van der Waals surface area contributed by atoms with Crippen LogP contribution in [0.1, 0.15) is 39.4 Å². The molecule has 0 saturated heterocycles. The maximum Gasteiger partial charge on any atom is 0.120 e. The first-order chi connectivity index (χ1) is 8.26. The van der Waals surface area contributed by atoms with Gasteiger partial charge in [0.15, 0.2) is 0 Å². The minimum atomic E-state index is 0.552.